The van der Waals surface area contributed by atoms with Gasteiger partial charge in [-0.2, -0.15) is 0 Å². The number of benzene rings is 1. The highest BCUT2D eigenvalue weighted by Gasteiger charge is 2.30. The fourth-order valence-electron chi connectivity index (χ4n) is 3.26. The fraction of sp³-hybridized carbons (Fsp3) is 0.300. The normalized spacial score (nSPS) is 19.9. The number of rotatable bonds is 3. The average molecular weight is 363 g/mol. The molecule has 0 saturated carbocycles. The largest absolute Gasteiger partial charge is 0.370 e. The van der Waals surface area contributed by atoms with E-state index in [0.717, 1.165) is 5.56 Å². The molecule has 1 aliphatic heterocycles. The minimum Gasteiger partial charge on any atom is -0.370 e. The molecular weight excluding hydrogens is 342 g/mol. The van der Waals surface area contributed by atoms with Crippen molar-refractivity contribution < 1.29 is 4.74 Å². The predicted molar refractivity (Wildman–Crippen MR) is 102 cm³/mol. The van der Waals surface area contributed by atoms with Crippen LogP contribution in [0.15, 0.2) is 59.8 Å². The van der Waals surface area contributed by atoms with Gasteiger partial charge in [0.05, 0.1) is 30.6 Å². The van der Waals surface area contributed by atoms with Crippen LogP contribution in [-0.4, -0.2) is 38.7 Å². The first-order chi connectivity index (χ1) is 13.1. The van der Waals surface area contributed by atoms with Crippen LogP contribution in [0.2, 0.25) is 0 Å². The first-order valence-electron chi connectivity index (χ1n) is 8.91. The summed E-state index contributed by atoms with van der Waals surface area (Å²) < 4.78 is 7.61. The summed E-state index contributed by atoms with van der Waals surface area (Å²) in [6.45, 7) is 3.26. The third-order valence-corrected chi connectivity index (χ3v) is 4.82. The van der Waals surface area contributed by atoms with E-state index >= 15 is 0 Å². The molecule has 0 amide bonds. The molecule has 1 aromatic carbocycles. The summed E-state index contributed by atoms with van der Waals surface area (Å²) in [4.78, 5) is 27.6. The van der Waals surface area contributed by atoms with Crippen molar-refractivity contribution in [3.8, 4) is 11.4 Å². The lowest BCUT2D eigenvalue weighted by Crippen LogP contribution is -2.47. The fourth-order valence-corrected chi connectivity index (χ4v) is 3.26. The number of hydrogen-bond donors (Lipinski definition) is 0. The molecule has 7 nitrogen and oxygen atoms in total. The molecule has 1 saturated heterocycles. The smallest absolute Gasteiger partial charge is 0.255 e. The Bertz CT molecular complexity index is 975. The van der Waals surface area contributed by atoms with E-state index in [1.54, 1.807) is 23.9 Å². The quantitative estimate of drug-likeness (QED) is 0.710. The van der Waals surface area contributed by atoms with Crippen LogP contribution < -0.4 is 10.5 Å². The van der Waals surface area contributed by atoms with E-state index in [1.807, 2.05) is 18.2 Å². The number of morpholine rings is 1. The summed E-state index contributed by atoms with van der Waals surface area (Å²) in [5.74, 6) is 0.618. The Labute approximate surface area is 157 Å². The molecule has 0 radical (unpaired) electrons. The molecule has 0 spiro atoms. The lowest BCUT2D eigenvalue weighted by Gasteiger charge is -2.39. The molecule has 2 atom stereocenters. The van der Waals surface area contributed by atoms with Crippen LogP contribution in [0, 0.1) is 0 Å². The maximum Gasteiger partial charge on any atom is 0.255 e. The highest BCUT2D eigenvalue weighted by Crippen LogP contribution is 2.28. The Balaban J connectivity index is 1.72. The van der Waals surface area contributed by atoms with Crippen LogP contribution in [0.3, 0.4) is 0 Å². The molecular formula is C20H21N5O2. The molecule has 0 unspecified atom stereocenters. The standard InChI is InChI=1S/C20H21N5O2/c1-14-12-27-18(15-6-4-3-5-7-15)11-25(14)20-23-17(10-19(26)24(20)2)16-8-9-21-13-22-16/h3-10,13-14,18H,11-12H2,1-2H3/t14-,18+/m1/s1. The maximum atomic E-state index is 12.6. The van der Waals surface area contributed by atoms with E-state index in [-0.39, 0.29) is 17.7 Å². The lowest BCUT2D eigenvalue weighted by atomic mass is 10.1. The second-order valence-electron chi connectivity index (χ2n) is 6.67. The minimum atomic E-state index is -0.122. The van der Waals surface area contributed by atoms with Crippen LogP contribution >= 0.6 is 0 Å². The van der Waals surface area contributed by atoms with Gasteiger partial charge in [0.25, 0.3) is 5.56 Å². The second-order valence-corrected chi connectivity index (χ2v) is 6.67. The van der Waals surface area contributed by atoms with Gasteiger partial charge < -0.3 is 9.64 Å². The van der Waals surface area contributed by atoms with Crippen LogP contribution in [0.1, 0.15) is 18.6 Å². The van der Waals surface area contributed by atoms with Crippen LogP contribution in [0.5, 0.6) is 0 Å². The van der Waals surface area contributed by atoms with Gasteiger partial charge in [-0.1, -0.05) is 30.3 Å². The topological polar surface area (TPSA) is 73.1 Å². The molecule has 0 N–H and O–H groups in total. The van der Waals surface area contributed by atoms with E-state index in [1.165, 1.54) is 12.4 Å². The molecule has 7 heteroatoms. The van der Waals surface area contributed by atoms with Crippen molar-refractivity contribution >= 4 is 5.95 Å². The van der Waals surface area contributed by atoms with Gasteiger partial charge in [-0.05, 0) is 18.6 Å². The summed E-state index contributed by atoms with van der Waals surface area (Å²) in [5, 5.41) is 0. The van der Waals surface area contributed by atoms with Gasteiger partial charge in [-0.3, -0.25) is 9.36 Å². The predicted octanol–water partition coefficient (Wildman–Crippen LogP) is 2.20. The van der Waals surface area contributed by atoms with Crippen LogP contribution in [0.25, 0.3) is 11.4 Å². The Morgan fingerprint density at radius 2 is 1.96 bits per heavy atom. The third-order valence-electron chi connectivity index (χ3n) is 4.82. The summed E-state index contributed by atoms with van der Waals surface area (Å²) in [5.41, 5.74) is 2.17. The van der Waals surface area contributed by atoms with Gasteiger partial charge >= 0.3 is 0 Å². The zero-order valence-electron chi connectivity index (χ0n) is 15.3. The molecule has 138 valence electrons. The number of anilines is 1. The molecule has 4 rings (SSSR count). The van der Waals surface area contributed by atoms with Gasteiger partial charge in [0, 0.05) is 19.3 Å². The Morgan fingerprint density at radius 3 is 2.70 bits per heavy atom. The SMILES string of the molecule is C[C@@H]1CO[C@H](c2ccccc2)CN1c1nc(-c2ccncn2)cc(=O)n1C. The maximum absolute atomic E-state index is 12.6. The molecule has 27 heavy (non-hydrogen) atoms. The van der Waals surface area contributed by atoms with Gasteiger partial charge in [0.2, 0.25) is 5.95 Å². The minimum absolute atomic E-state index is 0.0676. The second kappa shape index (κ2) is 7.28. The highest BCUT2D eigenvalue weighted by molar-refractivity contribution is 5.55. The summed E-state index contributed by atoms with van der Waals surface area (Å²) in [7, 11) is 1.74. The van der Waals surface area contributed by atoms with Crippen LogP contribution in [-0.2, 0) is 11.8 Å². The third kappa shape index (κ3) is 3.46. The van der Waals surface area contributed by atoms with E-state index < -0.39 is 0 Å². The molecule has 1 fully saturated rings. The number of hydrogen-bond acceptors (Lipinski definition) is 6. The molecule has 0 bridgehead atoms. The van der Waals surface area contributed by atoms with Gasteiger partial charge in [-0.15, -0.1) is 0 Å². The van der Waals surface area contributed by atoms with Crippen molar-refractivity contribution in [3.05, 3.63) is 70.9 Å². The number of aromatic nitrogens is 4. The first kappa shape index (κ1) is 17.4. The highest BCUT2D eigenvalue weighted by atomic mass is 16.5. The van der Waals surface area contributed by atoms with E-state index in [9.17, 15) is 4.79 Å². The summed E-state index contributed by atoms with van der Waals surface area (Å²) in [6.07, 6.45) is 3.03. The van der Waals surface area contributed by atoms with Crippen molar-refractivity contribution in [2.45, 2.75) is 19.1 Å². The monoisotopic (exact) mass is 363 g/mol. The van der Waals surface area contributed by atoms with E-state index in [4.69, 9.17) is 9.72 Å². The molecule has 3 aromatic rings. The van der Waals surface area contributed by atoms with Crippen molar-refractivity contribution in [1.82, 2.24) is 19.5 Å². The number of ether oxygens (including phenoxy) is 1. The molecule has 2 aromatic heterocycles. The van der Waals surface area contributed by atoms with Crippen molar-refractivity contribution in [2.24, 2.45) is 7.05 Å². The van der Waals surface area contributed by atoms with Crippen molar-refractivity contribution in [2.75, 3.05) is 18.1 Å². The Morgan fingerprint density at radius 1 is 1.15 bits per heavy atom. The summed E-state index contributed by atoms with van der Waals surface area (Å²) in [6, 6.07) is 13.5. The van der Waals surface area contributed by atoms with Gasteiger partial charge in [0.15, 0.2) is 0 Å². The van der Waals surface area contributed by atoms with Gasteiger partial charge in [-0.25, -0.2) is 15.0 Å². The lowest BCUT2D eigenvalue weighted by molar-refractivity contribution is 0.0206. The first-order valence-corrected chi connectivity index (χ1v) is 8.91. The zero-order valence-corrected chi connectivity index (χ0v) is 15.3. The molecule has 0 aliphatic carbocycles. The van der Waals surface area contributed by atoms with E-state index in [2.05, 4.69) is 33.9 Å². The average Bonchev–Trinajstić information content (AvgIpc) is 2.72. The Hall–Kier alpha value is -3.06. The molecule has 3 heterocycles. The number of nitrogens with zero attached hydrogens (tertiary/aromatic N) is 5. The van der Waals surface area contributed by atoms with Crippen LogP contribution in [0.4, 0.5) is 5.95 Å². The summed E-state index contributed by atoms with van der Waals surface area (Å²) >= 11 is 0. The Kier molecular flexibility index (Phi) is 4.68. The van der Waals surface area contributed by atoms with Gasteiger partial charge in [0.1, 0.15) is 12.4 Å². The van der Waals surface area contributed by atoms with E-state index in [0.29, 0.717) is 30.5 Å². The van der Waals surface area contributed by atoms with Crippen molar-refractivity contribution in [1.29, 1.82) is 0 Å². The van der Waals surface area contributed by atoms with Crippen molar-refractivity contribution in [3.63, 3.8) is 0 Å². The molecule has 1 aliphatic rings. The zero-order chi connectivity index (χ0) is 18.8.